The molecule has 0 radical (unpaired) electrons. The van der Waals surface area contributed by atoms with E-state index in [4.69, 9.17) is 5.73 Å². The van der Waals surface area contributed by atoms with Crippen LogP contribution in [0.5, 0.6) is 0 Å². The van der Waals surface area contributed by atoms with Crippen LogP contribution in [0.4, 0.5) is 0 Å². The molecular weight excluding hydrogens is 156 g/mol. The van der Waals surface area contributed by atoms with E-state index < -0.39 is 0 Å². The minimum Gasteiger partial charge on any atom is -0.330 e. The van der Waals surface area contributed by atoms with Gasteiger partial charge in [-0.2, -0.15) is 0 Å². The number of hydrogen-bond donors (Lipinski definition) is 1. The summed E-state index contributed by atoms with van der Waals surface area (Å²) in [6, 6.07) is 0. The molecule has 0 aliphatic rings. The number of rotatable bonds is 4. The smallest absolute Gasteiger partial charge is 0.0794 e. The monoisotopic (exact) mass is 170 g/mol. The summed E-state index contributed by atoms with van der Waals surface area (Å²) in [4.78, 5) is 5.39. The van der Waals surface area contributed by atoms with Crippen molar-refractivity contribution in [1.29, 1.82) is 0 Å². The van der Waals surface area contributed by atoms with Crippen LogP contribution in [0.25, 0.3) is 0 Å². The zero-order valence-electron chi connectivity index (χ0n) is 6.79. The fourth-order valence-corrected chi connectivity index (χ4v) is 1.83. The minimum atomic E-state index is 0.695. The van der Waals surface area contributed by atoms with Gasteiger partial charge in [0.2, 0.25) is 0 Å². The Hall–Kier alpha value is -0.410. The van der Waals surface area contributed by atoms with Gasteiger partial charge in [-0.3, -0.25) is 4.98 Å². The first-order valence-electron chi connectivity index (χ1n) is 3.90. The van der Waals surface area contributed by atoms with Crippen LogP contribution in [-0.4, -0.2) is 11.5 Å². The second-order valence-corrected chi connectivity index (χ2v) is 3.83. The summed E-state index contributed by atoms with van der Waals surface area (Å²) < 4.78 is 0. The predicted octanol–water partition coefficient (Wildman–Crippen LogP) is 1.67. The largest absolute Gasteiger partial charge is 0.330 e. The van der Waals surface area contributed by atoms with Crippen LogP contribution >= 0.6 is 11.3 Å². The molecule has 0 saturated carbocycles. The summed E-state index contributed by atoms with van der Waals surface area (Å²) in [6.07, 6.45) is 4.18. The van der Waals surface area contributed by atoms with Crippen LogP contribution in [0.2, 0.25) is 0 Å². The average Bonchev–Trinajstić information content (AvgIpc) is 2.40. The van der Waals surface area contributed by atoms with Crippen molar-refractivity contribution in [2.24, 2.45) is 11.7 Å². The molecule has 1 atom stereocenters. The lowest BCUT2D eigenvalue weighted by atomic mass is 10.0. The molecule has 0 bridgehead atoms. The van der Waals surface area contributed by atoms with E-state index in [0.29, 0.717) is 5.92 Å². The highest BCUT2D eigenvalue weighted by molar-refractivity contribution is 7.09. The Morgan fingerprint density at radius 2 is 2.55 bits per heavy atom. The van der Waals surface area contributed by atoms with E-state index in [1.807, 2.05) is 11.7 Å². The maximum absolute atomic E-state index is 5.45. The summed E-state index contributed by atoms with van der Waals surface area (Å²) >= 11 is 1.73. The van der Waals surface area contributed by atoms with Gasteiger partial charge in [-0.25, -0.2) is 0 Å². The molecule has 0 aliphatic heterocycles. The summed E-state index contributed by atoms with van der Waals surface area (Å²) in [5, 5.41) is 0. The van der Waals surface area contributed by atoms with Crippen LogP contribution in [-0.2, 0) is 6.42 Å². The van der Waals surface area contributed by atoms with E-state index in [-0.39, 0.29) is 0 Å². The first-order chi connectivity index (χ1) is 5.33. The Kier molecular flexibility index (Phi) is 3.52. The lowest BCUT2D eigenvalue weighted by Gasteiger charge is -2.06. The average molecular weight is 170 g/mol. The van der Waals surface area contributed by atoms with Crippen molar-refractivity contribution in [2.45, 2.75) is 19.8 Å². The molecule has 1 rings (SSSR count). The highest BCUT2D eigenvalue weighted by atomic mass is 32.1. The maximum Gasteiger partial charge on any atom is 0.0794 e. The molecule has 11 heavy (non-hydrogen) atoms. The van der Waals surface area contributed by atoms with Gasteiger partial charge in [0.15, 0.2) is 0 Å². The Morgan fingerprint density at radius 3 is 3.09 bits per heavy atom. The second-order valence-electron chi connectivity index (χ2n) is 2.85. The van der Waals surface area contributed by atoms with E-state index in [1.165, 1.54) is 4.88 Å². The third-order valence-electron chi connectivity index (χ3n) is 1.69. The molecule has 0 amide bonds. The van der Waals surface area contributed by atoms with Crippen LogP contribution < -0.4 is 5.73 Å². The van der Waals surface area contributed by atoms with Gasteiger partial charge in [0.1, 0.15) is 0 Å². The van der Waals surface area contributed by atoms with E-state index >= 15 is 0 Å². The molecule has 62 valence electrons. The normalized spacial score (nSPS) is 13.3. The summed E-state index contributed by atoms with van der Waals surface area (Å²) in [6.45, 7) is 3.02. The predicted molar refractivity (Wildman–Crippen MR) is 48.7 cm³/mol. The Morgan fingerprint density at radius 1 is 1.73 bits per heavy atom. The fraction of sp³-hybridized carbons (Fsp3) is 0.625. The van der Waals surface area contributed by atoms with Crippen molar-refractivity contribution in [3.63, 3.8) is 0 Å². The van der Waals surface area contributed by atoms with Gasteiger partial charge in [0, 0.05) is 11.1 Å². The summed E-state index contributed by atoms with van der Waals surface area (Å²) in [7, 11) is 0. The number of nitrogens with two attached hydrogens (primary N) is 1. The van der Waals surface area contributed by atoms with Gasteiger partial charge in [0.05, 0.1) is 5.51 Å². The topological polar surface area (TPSA) is 38.9 Å². The molecular formula is C8H14N2S. The van der Waals surface area contributed by atoms with Crippen LogP contribution in [0.1, 0.15) is 18.2 Å². The third-order valence-corrected chi connectivity index (χ3v) is 2.49. The molecule has 0 fully saturated rings. The van der Waals surface area contributed by atoms with Crippen molar-refractivity contribution in [3.05, 3.63) is 16.6 Å². The second kappa shape index (κ2) is 4.46. The lowest BCUT2D eigenvalue weighted by Crippen LogP contribution is -2.07. The third kappa shape index (κ3) is 2.99. The number of thiazole rings is 1. The highest BCUT2D eigenvalue weighted by Crippen LogP contribution is 2.13. The van der Waals surface area contributed by atoms with Crippen LogP contribution in [0.15, 0.2) is 11.7 Å². The molecule has 0 saturated heterocycles. The van der Waals surface area contributed by atoms with Crippen LogP contribution in [0.3, 0.4) is 0 Å². The lowest BCUT2D eigenvalue weighted by molar-refractivity contribution is 0.542. The highest BCUT2D eigenvalue weighted by Gasteiger charge is 2.02. The first-order valence-corrected chi connectivity index (χ1v) is 4.78. The van der Waals surface area contributed by atoms with Gasteiger partial charge in [-0.1, -0.05) is 6.92 Å². The number of aromatic nitrogens is 1. The van der Waals surface area contributed by atoms with Crippen molar-refractivity contribution >= 4 is 11.3 Å². The number of hydrogen-bond acceptors (Lipinski definition) is 3. The van der Waals surface area contributed by atoms with E-state index in [9.17, 15) is 0 Å². The van der Waals surface area contributed by atoms with Crippen molar-refractivity contribution in [1.82, 2.24) is 4.98 Å². The first kappa shape index (κ1) is 8.68. The fourth-order valence-electron chi connectivity index (χ4n) is 1.07. The van der Waals surface area contributed by atoms with Gasteiger partial charge in [-0.05, 0) is 25.3 Å². The standard InChI is InChI=1S/C8H14N2S/c1-7(2-3-9)4-8-5-10-6-11-8/h5-7H,2-4,9H2,1H3. The maximum atomic E-state index is 5.45. The SMILES string of the molecule is CC(CCN)Cc1cncs1. The Bertz CT molecular complexity index is 184. The van der Waals surface area contributed by atoms with E-state index in [0.717, 1.165) is 19.4 Å². The Labute approximate surface area is 71.5 Å². The van der Waals surface area contributed by atoms with Gasteiger partial charge in [0.25, 0.3) is 0 Å². The zero-order valence-corrected chi connectivity index (χ0v) is 7.60. The molecule has 2 nitrogen and oxygen atoms in total. The van der Waals surface area contributed by atoms with E-state index in [2.05, 4.69) is 11.9 Å². The molecule has 1 aromatic rings. The molecule has 1 heterocycles. The molecule has 3 heteroatoms. The molecule has 0 spiro atoms. The molecule has 1 unspecified atom stereocenters. The zero-order chi connectivity index (χ0) is 8.10. The molecule has 1 aromatic heterocycles. The summed E-state index contributed by atoms with van der Waals surface area (Å²) in [5.41, 5.74) is 7.33. The van der Waals surface area contributed by atoms with Crippen molar-refractivity contribution in [3.8, 4) is 0 Å². The Balaban J connectivity index is 2.31. The van der Waals surface area contributed by atoms with E-state index in [1.54, 1.807) is 11.3 Å². The summed E-state index contributed by atoms with van der Waals surface area (Å²) in [5.74, 6) is 0.695. The number of nitrogens with zero attached hydrogens (tertiary/aromatic N) is 1. The van der Waals surface area contributed by atoms with Gasteiger partial charge >= 0.3 is 0 Å². The molecule has 2 N–H and O–H groups in total. The van der Waals surface area contributed by atoms with Crippen LogP contribution in [0, 0.1) is 5.92 Å². The van der Waals surface area contributed by atoms with Gasteiger partial charge in [-0.15, -0.1) is 11.3 Å². The molecule has 0 aromatic carbocycles. The quantitative estimate of drug-likeness (QED) is 0.746. The minimum absolute atomic E-state index is 0.695. The van der Waals surface area contributed by atoms with Gasteiger partial charge < -0.3 is 5.73 Å². The van der Waals surface area contributed by atoms with Crippen molar-refractivity contribution in [2.75, 3.05) is 6.54 Å². The molecule has 0 aliphatic carbocycles. The van der Waals surface area contributed by atoms with Crippen molar-refractivity contribution < 1.29 is 0 Å².